The molecule has 3 aromatic rings. The molecule has 0 fully saturated rings. The fourth-order valence-electron chi connectivity index (χ4n) is 4.53. The third kappa shape index (κ3) is 2.80. The van der Waals surface area contributed by atoms with E-state index in [1.54, 1.807) is 30.3 Å². The summed E-state index contributed by atoms with van der Waals surface area (Å²) in [5.74, 6) is -0.984. The Hall–Kier alpha value is -2.92. The molecule has 5 rings (SSSR count). The van der Waals surface area contributed by atoms with Gasteiger partial charge in [-0.1, -0.05) is 43.6 Å². The maximum Gasteiger partial charge on any atom is 0.344 e. The summed E-state index contributed by atoms with van der Waals surface area (Å²) >= 11 is 6.39. The number of hydrogen-bond donors (Lipinski definition) is 0. The van der Waals surface area contributed by atoms with Crippen LogP contribution in [-0.2, 0) is 4.79 Å². The molecule has 1 atom stereocenters. The summed E-state index contributed by atoms with van der Waals surface area (Å²) in [4.78, 5) is 26.2. The second kappa shape index (κ2) is 6.54. The van der Waals surface area contributed by atoms with Gasteiger partial charge < -0.3 is 9.15 Å². The molecule has 2 aliphatic rings. The fraction of sp³-hybridized carbons (Fsp3) is 0.250. The largest absolute Gasteiger partial charge is 0.460 e. The number of carbonyl (C=O) groups excluding carboxylic acids is 1. The van der Waals surface area contributed by atoms with Gasteiger partial charge in [0.05, 0.1) is 16.9 Å². The predicted molar refractivity (Wildman–Crippen MR) is 111 cm³/mol. The van der Waals surface area contributed by atoms with Crippen LogP contribution in [0.1, 0.15) is 43.7 Å². The Bertz CT molecular complexity index is 1300. The topological polar surface area (TPSA) is 56.5 Å². The van der Waals surface area contributed by atoms with E-state index in [1.165, 1.54) is 12.1 Å². The van der Waals surface area contributed by atoms with Gasteiger partial charge in [-0.2, -0.15) is 0 Å². The zero-order chi connectivity index (χ0) is 21.2. The molecule has 152 valence electrons. The summed E-state index contributed by atoms with van der Waals surface area (Å²) in [6, 6.07) is 11.3. The number of hydrogen-bond acceptors (Lipinski definition) is 4. The zero-order valence-corrected chi connectivity index (χ0v) is 17.2. The fourth-order valence-corrected chi connectivity index (χ4v) is 4.80. The van der Waals surface area contributed by atoms with Crippen molar-refractivity contribution in [3.8, 4) is 5.75 Å². The number of halogens is 2. The van der Waals surface area contributed by atoms with Gasteiger partial charge in [0.2, 0.25) is 0 Å². The highest BCUT2D eigenvalue weighted by atomic mass is 35.5. The highest BCUT2D eigenvalue weighted by Crippen LogP contribution is 2.52. The lowest BCUT2D eigenvalue weighted by molar-refractivity contribution is -0.118. The molecule has 1 aliphatic heterocycles. The minimum Gasteiger partial charge on any atom is -0.460 e. The lowest BCUT2D eigenvalue weighted by atomic mass is 9.70. The molecule has 0 radical (unpaired) electrons. The second-order valence-corrected chi connectivity index (χ2v) is 8.98. The number of ether oxygens (including phenoxy) is 1. The van der Waals surface area contributed by atoms with E-state index < -0.39 is 17.4 Å². The summed E-state index contributed by atoms with van der Waals surface area (Å²) in [7, 11) is 0. The number of fused-ring (bicyclic) bond motifs is 3. The van der Waals surface area contributed by atoms with E-state index in [4.69, 9.17) is 20.8 Å². The monoisotopic (exact) mass is 424 g/mol. The molecule has 6 heteroatoms. The SMILES string of the molecule is CC1(C)CC(=O)C2=C(C1)Oc1c(c(=O)oc3ccccc13)C2c1c(F)cccc1Cl. The van der Waals surface area contributed by atoms with Crippen LogP contribution in [-0.4, -0.2) is 5.78 Å². The van der Waals surface area contributed by atoms with Crippen molar-refractivity contribution in [3.63, 3.8) is 0 Å². The highest BCUT2D eigenvalue weighted by Gasteiger charge is 2.45. The first kappa shape index (κ1) is 19.1. The Morgan fingerprint density at radius 3 is 2.57 bits per heavy atom. The zero-order valence-electron chi connectivity index (χ0n) is 16.4. The van der Waals surface area contributed by atoms with Crippen molar-refractivity contribution in [1.29, 1.82) is 0 Å². The van der Waals surface area contributed by atoms with Crippen molar-refractivity contribution in [2.75, 3.05) is 0 Å². The number of benzene rings is 2. The Labute approximate surface area is 176 Å². The minimum absolute atomic E-state index is 0.0897. The van der Waals surface area contributed by atoms with Crippen molar-refractivity contribution in [1.82, 2.24) is 0 Å². The van der Waals surface area contributed by atoms with Crippen LogP contribution in [0, 0.1) is 11.2 Å². The maximum atomic E-state index is 15.0. The summed E-state index contributed by atoms with van der Waals surface area (Å²) < 4.78 is 26.7. The minimum atomic E-state index is -0.984. The Morgan fingerprint density at radius 2 is 1.80 bits per heavy atom. The summed E-state index contributed by atoms with van der Waals surface area (Å²) in [6.45, 7) is 3.96. The quantitative estimate of drug-likeness (QED) is 0.466. The van der Waals surface area contributed by atoms with Crippen molar-refractivity contribution in [2.24, 2.45) is 5.41 Å². The van der Waals surface area contributed by atoms with Gasteiger partial charge in [0, 0.05) is 29.0 Å². The van der Waals surface area contributed by atoms with Crippen molar-refractivity contribution in [2.45, 2.75) is 32.6 Å². The van der Waals surface area contributed by atoms with Gasteiger partial charge in [-0.3, -0.25) is 4.79 Å². The lowest BCUT2D eigenvalue weighted by Crippen LogP contribution is -2.35. The first-order valence-electron chi connectivity index (χ1n) is 9.70. The van der Waals surface area contributed by atoms with Gasteiger partial charge in [0.25, 0.3) is 0 Å². The number of Topliss-reactive ketones (excluding diaryl/α,β-unsaturated/α-hetero) is 1. The number of ketones is 1. The predicted octanol–water partition coefficient (Wildman–Crippen LogP) is 5.75. The van der Waals surface area contributed by atoms with Crippen molar-refractivity contribution in [3.05, 3.63) is 86.2 Å². The van der Waals surface area contributed by atoms with Gasteiger partial charge in [0.15, 0.2) is 5.78 Å². The van der Waals surface area contributed by atoms with Crippen LogP contribution in [0.3, 0.4) is 0 Å². The van der Waals surface area contributed by atoms with Crippen LogP contribution in [0.25, 0.3) is 11.0 Å². The molecule has 0 saturated heterocycles. The van der Waals surface area contributed by atoms with E-state index in [-0.39, 0.29) is 39.3 Å². The maximum absolute atomic E-state index is 15.0. The molecule has 0 N–H and O–H groups in total. The molecule has 0 spiro atoms. The summed E-state index contributed by atoms with van der Waals surface area (Å²) in [5, 5.41) is 0.733. The molecular formula is C24H18ClFO4. The molecule has 2 aromatic carbocycles. The molecule has 0 amide bonds. The van der Waals surface area contributed by atoms with Crippen LogP contribution >= 0.6 is 11.6 Å². The smallest absolute Gasteiger partial charge is 0.344 e. The number of carbonyl (C=O) groups is 1. The average molecular weight is 425 g/mol. The molecule has 1 unspecified atom stereocenters. The van der Waals surface area contributed by atoms with Gasteiger partial charge in [0.1, 0.15) is 22.9 Å². The van der Waals surface area contributed by atoms with E-state index in [1.807, 2.05) is 13.8 Å². The third-order valence-electron chi connectivity index (χ3n) is 5.77. The van der Waals surface area contributed by atoms with Gasteiger partial charge in [-0.25, -0.2) is 9.18 Å². The lowest BCUT2D eigenvalue weighted by Gasteiger charge is -2.38. The van der Waals surface area contributed by atoms with Crippen LogP contribution in [0.5, 0.6) is 5.75 Å². The van der Waals surface area contributed by atoms with Crippen LogP contribution in [0.2, 0.25) is 5.02 Å². The van der Waals surface area contributed by atoms with E-state index in [9.17, 15) is 9.59 Å². The molecule has 30 heavy (non-hydrogen) atoms. The molecular weight excluding hydrogens is 407 g/mol. The Kier molecular flexibility index (Phi) is 4.16. The van der Waals surface area contributed by atoms with E-state index >= 15 is 4.39 Å². The van der Waals surface area contributed by atoms with Crippen LogP contribution in [0.15, 0.2) is 63.0 Å². The third-order valence-corrected chi connectivity index (χ3v) is 6.10. The summed E-state index contributed by atoms with van der Waals surface area (Å²) in [6.07, 6.45) is 0.761. The molecule has 2 heterocycles. The first-order valence-corrected chi connectivity index (χ1v) is 10.1. The van der Waals surface area contributed by atoms with E-state index in [0.717, 1.165) is 0 Å². The highest BCUT2D eigenvalue weighted by molar-refractivity contribution is 6.31. The normalized spacial score (nSPS) is 20.0. The number of para-hydroxylation sites is 1. The molecule has 0 saturated carbocycles. The number of rotatable bonds is 1. The average Bonchev–Trinajstić information content (AvgIpc) is 2.66. The Balaban J connectivity index is 1.90. The molecule has 1 aliphatic carbocycles. The van der Waals surface area contributed by atoms with Gasteiger partial charge in [-0.15, -0.1) is 0 Å². The van der Waals surface area contributed by atoms with E-state index in [2.05, 4.69) is 0 Å². The number of allylic oxidation sites excluding steroid dienone is 2. The van der Waals surface area contributed by atoms with Gasteiger partial charge in [-0.05, 0) is 29.7 Å². The molecule has 1 aromatic heterocycles. The molecule has 4 nitrogen and oxygen atoms in total. The summed E-state index contributed by atoms with van der Waals surface area (Å²) in [5.41, 5.74) is -0.134. The van der Waals surface area contributed by atoms with Gasteiger partial charge >= 0.3 is 5.63 Å². The van der Waals surface area contributed by atoms with Crippen molar-refractivity contribution < 1.29 is 18.3 Å². The van der Waals surface area contributed by atoms with Crippen molar-refractivity contribution >= 4 is 28.4 Å². The standard InChI is InChI=1S/C24H18ClFO4/c1-24(2)10-15(27)19-17(11-24)29-22-12-6-3-4-9-16(12)30-23(28)21(22)20(19)18-13(25)7-5-8-14(18)26/h3-9,20H,10-11H2,1-2H3. The first-order chi connectivity index (χ1) is 14.3. The second-order valence-electron chi connectivity index (χ2n) is 8.58. The van der Waals surface area contributed by atoms with Crippen LogP contribution < -0.4 is 10.4 Å². The van der Waals surface area contributed by atoms with Crippen LogP contribution in [0.4, 0.5) is 4.39 Å². The molecule has 0 bridgehead atoms. The Morgan fingerprint density at radius 1 is 1.03 bits per heavy atom. The van der Waals surface area contributed by atoms with E-state index in [0.29, 0.717) is 28.9 Å².